The van der Waals surface area contributed by atoms with E-state index in [1.54, 1.807) is 14.2 Å². The molecule has 3 aromatic rings. The second kappa shape index (κ2) is 7.58. The van der Waals surface area contributed by atoms with Crippen LogP contribution >= 0.6 is 11.6 Å². The van der Waals surface area contributed by atoms with Gasteiger partial charge in [0.15, 0.2) is 11.5 Å². The molecule has 0 aliphatic carbocycles. The molecule has 2 aliphatic rings. The summed E-state index contributed by atoms with van der Waals surface area (Å²) >= 11 is 6.30. The summed E-state index contributed by atoms with van der Waals surface area (Å²) in [6.07, 6.45) is 0.442. The SMILES string of the molecule is COc1ccc(C2=NN3[C@H](C2)c2cc(Cl)ccc2O[C@@H]3c2ccccc2)cc1OC. The van der Waals surface area contributed by atoms with Gasteiger partial charge in [-0.15, -0.1) is 0 Å². The standard InChI is InChI=1S/C24H21ClN2O3/c1-28-22-10-8-16(12-23(22)29-2)19-14-20-18-13-17(25)9-11-21(18)30-24(27(20)26-19)15-6-4-3-5-7-15/h3-13,20,24H,14H2,1-2H3/t20-,24-/m1/s1. The van der Waals surface area contributed by atoms with Crippen LogP contribution in [-0.4, -0.2) is 24.9 Å². The Bertz CT molecular complexity index is 1120. The molecular formula is C24H21ClN2O3. The van der Waals surface area contributed by atoms with E-state index in [0.717, 1.165) is 34.6 Å². The van der Waals surface area contributed by atoms with Crippen LogP contribution in [0.3, 0.4) is 0 Å². The lowest BCUT2D eigenvalue weighted by Crippen LogP contribution is -2.33. The Hall–Kier alpha value is -3.18. The van der Waals surface area contributed by atoms with Crippen molar-refractivity contribution in [1.29, 1.82) is 0 Å². The third kappa shape index (κ3) is 3.15. The highest BCUT2D eigenvalue weighted by molar-refractivity contribution is 6.30. The maximum atomic E-state index is 6.37. The maximum absolute atomic E-state index is 6.37. The van der Waals surface area contributed by atoms with Crippen LogP contribution in [0.1, 0.15) is 35.4 Å². The van der Waals surface area contributed by atoms with Crippen molar-refractivity contribution in [2.75, 3.05) is 14.2 Å². The molecule has 30 heavy (non-hydrogen) atoms. The van der Waals surface area contributed by atoms with Crippen molar-refractivity contribution in [3.8, 4) is 17.2 Å². The Morgan fingerprint density at radius 2 is 1.77 bits per heavy atom. The molecular weight excluding hydrogens is 400 g/mol. The molecule has 3 aromatic carbocycles. The first-order valence-electron chi connectivity index (χ1n) is 9.77. The normalized spacial score (nSPS) is 19.4. The molecule has 0 spiro atoms. The number of rotatable bonds is 4. The van der Waals surface area contributed by atoms with Crippen LogP contribution in [0.2, 0.25) is 5.02 Å². The molecule has 0 aromatic heterocycles. The third-order valence-electron chi connectivity index (χ3n) is 5.55. The number of hydrogen-bond acceptors (Lipinski definition) is 5. The average Bonchev–Trinajstić information content (AvgIpc) is 3.24. The molecule has 2 atom stereocenters. The molecule has 0 amide bonds. The first-order valence-corrected chi connectivity index (χ1v) is 10.1. The van der Waals surface area contributed by atoms with Gasteiger partial charge in [-0.25, -0.2) is 5.01 Å². The summed E-state index contributed by atoms with van der Waals surface area (Å²) in [7, 11) is 3.27. The minimum absolute atomic E-state index is 0.0424. The molecule has 152 valence electrons. The van der Waals surface area contributed by atoms with E-state index in [-0.39, 0.29) is 12.3 Å². The van der Waals surface area contributed by atoms with Crippen molar-refractivity contribution in [2.45, 2.75) is 18.7 Å². The quantitative estimate of drug-likeness (QED) is 0.551. The Morgan fingerprint density at radius 1 is 0.967 bits per heavy atom. The minimum Gasteiger partial charge on any atom is -0.493 e. The summed E-state index contributed by atoms with van der Waals surface area (Å²) in [6, 6.07) is 21.9. The van der Waals surface area contributed by atoms with Crippen LogP contribution in [0.25, 0.3) is 0 Å². The van der Waals surface area contributed by atoms with Crippen molar-refractivity contribution >= 4 is 17.3 Å². The Balaban J connectivity index is 1.58. The van der Waals surface area contributed by atoms with Gasteiger partial charge in [0.05, 0.1) is 26.0 Å². The lowest BCUT2D eigenvalue weighted by molar-refractivity contribution is -0.0190. The molecule has 0 N–H and O–H groups in total. The zero-order valence-electron chi connectivity index (χ0n) is 16.7. The van der Waals surface area contributed by atoms with E-state index in [9.17, 15) is 0 Å². The molecule has 5 rings (SSSR count). The minimum atomic E-state index is -0.303. The fourth-order valence-electron chi connectivity index (χ4n) is 4.09. The van der Waals surface area contributed by atoms with Gasteiger partial charge in [-0.05, 0) is 36.4 Å². The largest absolute Gasteiger partial charge is 0.493 e. The van der Waals surface area contributed by atoms with Crippen LogP contribution in [0.4, 0.5) is 0 Å². The van der Waals surface area contributed by atoms with E-state index in [1.807, 2.05) is 59.6 Å². The van der Waals surface area contributed by atoms with E-state index in [1.165, 1.54) is 0 Å². The van der Waals surface area contributed by atoms with E-state index >= 15 is 0 Å². The fourth-order valence-corrected chi connectivity index (χ4v) is 4.27. The van der Waals surface area contributed by atoms with Crippen LogP contribution in [0, 0.1) is 0 Å². The highest BCUT2D eigenvalue weighted by atomic mass is 35.5. The Morgan fingerprint density at radius 3 is 2.53 bits per heavy atom. The monoisotopic (exact) mass is 420 g/mol. The molecule has 0 radical (unpaired) electrons. The van der Waals surface area contributed by atoms with Gasteiger partial charge in [0.2, 0.25) is 6.23 Å². The number of benzene rings is 3. The summed E-state index contributed by atoms with van der Waals surface area (Å²) in [5.74, 6) is 2.22. The summed E-state index contributed by atoms with van der Waals surface area (Å²) < 4.78 is 17.2. The van der Waals surface area contributed by atoms with Gasteiger partial charge in [-0.2, -0.15) is 5.10 Å². The molecule has 0 bridgehead atoms. The topological polar surface area (TPSA) is 43.3 Å². The zero-order valence-corrected chi connectivity index (χ0v) is 17.5. The van der Waals surface area contributed by atoms with E-state index in [0.29, 0.717) is 16.5 Å². The van der Waals surface area contributed by atoms with E-state index in [2.05, 4.69) is 12.1 Å². The van der Waals surface area contributed by atoms with Crippen LogP contribution in [0.5, 0.6) is 17.2 Å². The Labute approximate surface area is 180 Å². The number of methoxy groups -OCH3 is 2. The number of hydrogen-bond donors (Lipinski definition) is 0. The van der Waals surface area contributed by atoms with Gasteiger partial charge in [0, 0.05) is 28.1 Å². The maximum Gasteiger partial charge on any atom is 0.213 e. The van der Waals surface area contributed by atoms with Crippen molar-refractivity contribution in [1.82, 2.24) is 5.01 Å². The lowest BCUT2D eigenvalue weighted by Gasteiger charge is -2.38. The number of hydrazone groups is 1. The smallest absolute Gasteiger partial charge is 0.213 e. The summed E-state index contributed by atoms with van der Waals surface area (Å²) in [4.78, 5) is 0. The first kappa shape index (κ1) is 18.8. The van der Waals surface area contributed by atoms with Crippen molar-refractivity contribution in [3.05, 3.63) is 88.4 Å². The predicted molar refractivity (Wildman–Crippen MR) is 117 cm³/mol. The molecule has 6 heteroatoms. The summed E-state index contributed by atoms with van der Waals surface area (Å²) in [6.45, 7) is 0. The highest BCUT2D eigenvalue weighted by Crippen LogP contribution is 2.48. The van der Waals surface area contributed by atoms with Gasteiger partial charge < -0.3 is 14.2 Å². The van der Waals surface area contributed by atoms with Crippen molar-refractivity contribution < 1.29 is 14.2 Å². The fraction of sp³-hybridized carbons (Fsp3) is 0.208. The first-order chi connectivity index (χ1) is 14.7. The van der Waals surface area contributed by atoms with Gasteiger partial charge in [0.25, 0.3) is 0 Å². The van der Waals surface area contributed by atoms with Crippen LogP contribution in [-0.2, 0) is 0 Å². The average molecular weight is 421 g/mol. The molecule has 2 heterocycles. The molecule has 5 nitrogen and oxygen atoms in total. The van der Waals surface area contributed by atoms with Gasteiger partial charge in [-0.1, -0.05) is 41.9 Å². The highest BCUT2D eigenvalue weighted by Gasteiger charge is 2.41. The summed E-state index contributed by atoms with van der Waals surface area (Å²) in [5, 5.41) is 7.71. The van der Waals surface area contributed by atoms with Crippen LogP contribution in [0.15, 0.2) is 71.8 Å². The van der Waals surface area contributed by atoms with Crippen molar-refractivity contribution in [3.63, 3.8) is 0 Å². The van der Waals surface area contributed by atoms with E-state index < -0.39 is 0 Å². The van der Waals surface area contributed by atoms with E-state index in [4.69, 9.17) is 30.9 Å². The van der Waals surface area contributed by atoms with Gasteiger partial charge in [-0.3, -0.25) is 0 Å². The molecule has 0 unspecified atom stereocenters. The molecule has 0 saturated heterocycles. The molecule has 2 aliphatic heterocycles. The zero-order chi connectivity index (χ0) is 20.7. The summed E-state index contributed by atoms with van der Waals surface area (Å²) in [5.41, 5.74) is 4.07. The van der Waals surface area contributed by atoms with Gasteiger partial charge in [0.1, 0.15) is 5.75 Å². The number of fused-ring (bicyclic) bond motifs is 3. The number of nitrogens with zero attached hydrogens (tertiary/aromatic N) is 2. The second-order valence-corrected chi connectivity index (χ2v) is 7.72. The third-order valence-corrected chi connectivity index (χ3v) is 5.79. The number of ether oxygens (including phenoxy) is 3. The lowest BCUT2D eigenvalue weighted by atomic mass is 9.95. The Kier molecular flexibility index (Phi) is 4.75. The second-order valence-electron chi connectivity index (χ2n) is 7.28. The van der Waals surface area contributed by atoms with Crippen molar-refractivity contribution in [2.24, 2.45) is 5.10 Å². The predicted octanol–water partition coefficient (Wildman–Crippen LogP) is 5.60. The van der Waals surface area contributed by atoms with Gasteiger partial charge >= 0.3 is 0 Å². The number of halogens is 1. The molecule has 0 saturated carbocycles. The molecule has 0 fully saturated rings. The van der Waals surface area contributed by atoms with Crippen LogP contribution < -0.4 is 14.2 Å².